The van der Waals surface area contributed by atoms with Crippen molar-refractivity contribution in [3.8, 4) is 5.75 Å². The number of fused-ring (bicyclic) bond motifs is 1. The molecule has 0 aliphatic rings. The number of nitrogens with zero attached hydrogens (tertiary/aromatic N) is 1. The first-order chi connectivity index (χ1) is 15.6. The van der Waals surface area contributed by atoms with E-state index < -0.39 is 12.0 Å². The van der Waals surface area contributed by atoms with E-state index in [1.807, 2.05) is 66.7 Å². The monoisotopic (exact) mass is 444 g/mol. The molecule has 160 valence electrons. The maximum absolute atomic E-state index is 12.3. The predicted molar refractivity (Wildman–Crippen MR) is 127 cm³/mol. The Labute approximate surface area is 190 Å². The Morgan fingerprint density at radius 2 is 1.69 bits per heavy atom. The SMILES string of the molecule is O=C(NN=Cc1c(OCc2ccc(Cl)cc2)ccc2ccccc12)C(O)c1ccccc1. The summed E-state index contributed by atoms with van der Waals surface area (Å²) in [6.45, 7) is 0.357. The van der Waals surface area contributed by atoms with Gasteiger partial charge < -0.3 is 9.84 Å². The van der Waals surface area contributed by atoms with E-state index in [0.29, 0.717) is 22.9 Å². The van der Waals surface area contributed by atoms with E-state index in [4.69, 9.17) is 16.3 Å². The van der Waals surface area contributed by atoms with E-state index in [9.17, 15) is 9.90 Å². The Bertz CT molecular complexity index is 1240. The second-order valence-electron chi connectivity index (χ2n) is 7.16. The molecule has 0 saturated carbocycles. The van der Waals surface area contributed by atoms with Gasteiger partial charge in [-0.05, 0) is 40.1 Å². The lowest BCUT2D eigenvalue weighted by Crippen LogP contribution is -2.25. The van der Waals surface area contributed by atoms with Crippen LogP contribution in [0.25, 0.3) is 10.8 Å². The second-order valence-corrected chi connectivity index (χ2v) is 7.60. The number of aliphatic hydroxyl groups excluding tert-OH is 1. The molecule has 0 spiro atoms. The van der Waals surface area contributed by atoms with Crippen molar-refractivity contribution >= 4 is 34.5 Å². The summed E-state index contributed by atoms with van der Waals surface area (Å²) >= 11 is 5.95. The number of carbonyl (C=O) groups is 1. The van der Waals surface area contributed by atoms with Crippen molar-refractivity contribution in [2.75, 3.05) is 0 Å². The van der Waals surface area contributed by atoms with Gasteiger partial charge in [0.15, 0.2) is 6.10 Å². The summed E-state index contributed by atoms with van der Waals surface area (Å²) in [4.78, 5) is 12.3. The van der Waals surface area contributed by atoms with Crippen LogP contribution in [0, 0.1) is 0 Å². The largest absolute Gasteiger partial charge is 0.488 e. The summed E-state index contributed by atoms with van der Waals surface area (Å²) in [5.74, 6) is 0.0107. The van der Waals surface area contributed by atoms with Crippen molar-refractivity contribution in [2.45, 2.75) is 12.7 Å². The minimum Gasteiger partial charge on any atom is -0.488 e. The van der Waals surface area contributed by atoms with E-state index in [2.05, 4.69) is 10.5 Å². The lowest BCUT2D eigenvalue weighted by Gasteiger charge is -2.12. The minimum atomic E-state index is -1.30. The van der Waals surface area contributed by atoms with E-state index in [0.717, 1.165) is 21.9 Å². The summed E-state index contributed by atoms with van der Waals surface area (Å²) in [5.41, 5.74) is 4.61. The van der Waals surface area contributed by atoms with Crippen LogP contribution in [-0.4, -0.2) is 17.2 Å². The fourth-order valence-electron chi connectivity index (χ4n) is 3.28. The van der Waals surface area contributed by atoms with Gasteiger partial charge in [-0.15, -0.1) is 0 Å². The highest BCUT2D eigenvalue weighted by molar-refractivity contribution is 6.30. The summed E-state index contributed by atoms with van der Waals surface area (Å²) in [5, 5.41) is 16.9. The number of ether oxygens (including phenoxy) is 1. The molecule has 32 heavy (non-hydrogen) atoms. The smallest absolute Gasteiger partial charge is 0.273 e. The van der Waals surface area contributed by atoms with Gasteiger partial charge in [-0.25, -0.2) is 5.43 Å². The van der Waals surface area contributed by atoms with Crippen LogP contribution < -0.4 is 10.2 Å². The third kappa shape index (κ3) is 5.14. The van der Waals surface area contributed by atoms with Gasteiger partial charge in [-0.3, -0.25) is 4.79 Å². The number of halogens is 1. The highest BCUT2D eigenvalue weighted by atomic mass is 35.5. The highest BCUT2D eigenvalue weighted by Gasteiger charge is 2.16. The maximum atomic E-state index is 12.3. The molecule has 4 rings (SSSR count). The summed E-state index contributed by atoms with van der Waals surface area (Å²) in [6.07, 6.45) is 0.233. The number of nitrogens with one attached hydrogen (secondary N) is 1. The average Bonchev–Trinajstić information content (AvgIpc) is 2.84. The molecule has 1 unspecified atom stereocenters. The molecule has 0 saturated heterocycles. The van der Waals surface area contributed by atoms with Gasteiger partial charge in [0.2, 0.25) is 0 Å². The first-order valence-electron chi connectivity index (χ1n) is 10.1. The molecule has 6 heteroatoms. The highest BCUT2D eigenvalue weighted by Crippen LogP contribution is 2.27. The maximum Gasteiger partial charge on any atom is 0.273 e. The molecule has 1 atom stereocenters. The molecule has 0 bridgehead atoms. The van der Waals surface area contributed by atoms with Crippen LogP contribution in [-0.2, 0) is 11.4 Å². The molecule has 0 aliphatic heterocycles. The second kappa shape index (κ2) is 10.1. The number of amides is 1. The zero-order valence-corrected chi connectivity index (χ0v) is 17.9. The number of benzene rings is 4. The Hall–Kier alpha value is -3.67. The van der Waals surface area contributed by atoms with Gasteiger partial charge in [-0.2, -0.15) is 5.10 Å². The number of hydrogen-bond donors (Lipinski definition) is 2. The zero-order valence-electron chi connectivity index (χ0n) is 17.1. The van der Waals surface area contributed by atoms with Crippen LogP contribution in [0.4, 0.5) is 0 Å². The molecule has 2 N–H and O–H groups in total. The lowest BCUT2D eigenvalue weighted by molar-refractivity contribution is -0.129. The number of rotatable bonds is 7. The minimum absolute atomic E-state index is 0.357. The Morgan fingerprint density at radius 1 is 0.969 bits per heavy atom. The zero-order chi connectivity index (χ0) is 22.3. The van der Waals surface area contributed by atoms with Crippen molar-refractivity contribution in [2.24, 2.45) is 5.10 Å². The first kappa shape index (κ1) is 21.6. The Kier molecular flexibility index (Phi) is 6.80. The van der Waals surface area contributed by atoms with Crippen LogP contribution in [0.5, 0.6) is 5.75 Å². The van der Waals surface area contributed by atoms with Crippen molar-refractivity contribution in [1.29, 1.82) is 0 Å². The first-order valence-corrected chi connectivity index (χ1v) is 10.4. The van der Waals surface area contributed by atoms with Crippen LogP contribution in [0.15, 0.2) is 96.1 Å². The molecule has 0 aromatic heterocycles. The van der Waals surface area contributed by atoms with Gasteiger partial charge in [-0.1, -0.05) is 84.4 Å². The Morgan fingerprint density at radius 3 is 2.47 bits per heavy atom. The van der Waals surface area contributed by atoms with Gasteiger partial charge in [0.05, 0.1) is 6.21 Å². The quantitative estimate of drug-likeness (QED) is 0.302. The van der Waals surface area contributed by atoms with Gasteiger partial charge in [0.25, 0.3) is 5.91 Å². The number of hydrazone groups is 1. The molecule has 0 aliphatic carbocycles. The normalized spacial score (nSPS) is 12.1. The van der Waals surface area contributed by atoms with Crippen LogP contribution >= 0.6 is 11.6 Å². The summed E-state index contributed by atoms with van der Waals surface area (Å²) in [6, 6.07) is 27.8. The predicted octanol–water partition coefficient (Wildman–Crippen LogP) is 5.26. The van der Waals surface area contributed by atoms with E-state index in [1.165, 1.54) is 6.21 Å². The molecule has 1 amide bonds. The van der Waals surface area contributed by atoms with Gasteiger partial charge >= 0.3 is 0 Å². The molecule has 0 radical (unpaired) electrons. The number of carbonyl (C=O) groups excluding carboxylic acids is 1. The van der Waals surface area contributed by atoms with E-state index >= 15 is 0 Å². The summed E-state index contributed by atoms with van der Waals surface area (Å²) in [7, 11) is 0. The molecule has 4 aromatic rings. The van der Waals surface area contributed by atoms with Crippen molar-refractivity contribution < 1.29 is 14.6 Å². The Balaban J connectivity index is 1.55. The number of aliphatic hydroxyl groups is 1. The lowest BCUT2D eigenvalue weighted by atomic mass is 10.0. The molecule has 4 aromatic carbocycles. The van der Waals surface area contributed by atoms with E-state index in [-0.39, 0.29) is 0 Å². The van der Waals surface area contributed by atoms with Crippen LogP contribution in [0.2, 0.25) is 5.02 Å². The van der Waals surface area contributed by atoms with Gasteiger partial charge in [0, 0.05) is 10.6 Å². The van der Waals surface area contributed by atoms with Crippen LogP contribution in [0.3, 0.4) is 0 Å². The summed E-state index contributed by atoms with van der Waals surface area (Å²) < 4.78 is 6.05. The standard InChI is InChI=1S/C26H21ClN2O3/c27-21-13-10-18(11-14-21)17-32-24-15-12-19-6-4-5-9-22(19)23(24)16-28-29-26(31)25(30)20-7-2-1-3-8-20/h1-16,25,30H,17H2,(H,29,31). The van der Waals surface area contributed by atoms with Crippen molar-refractivity contribution in [3.63, 3.8) is 0 Å². The fraction of sp³-hybridized carbons (Fsp3) is 0.0769. The topological polar surface area (TPSA) is 70.9 Å². The molecule has 5 nitrogen and oxygen atoms in total. The molecular weight excluding hydrogens is 424 g/mol. The fourth-order valence-corrected chi connectivity index (χ4v) is 3.41. The van der Waals surface area contributed by atoms with Crippen molar-refractivity contribution in [3.05, 3.63) is 113 Å². The molecule has 0 fully saturated rings. The van der Waals surface area contributed by atoms with Crippen LogP contribution in [0.1, 0.15) is 22.8 Å². The van der Waals surface area contributed by atoms with E-state index in [1.54, 1.807) is 24.3 Å². The number of hydrogen-bond acceptors (Lipinski definition) is 4. The third-order valence-electron chi connectivity index (χ3n) is 4.97. The average molecular weight is 445 g/mol. The molecule has 0 heterocycles. The third-order valence-corrected chi connectivity index (χ3v) is 5.22. The van der Waals surface area contributed by atoms with Gasteiger partial charge in [0.1, 0.15) is 12.4 Å². The molecular formula is C26H21ClN2O3. The van der Waals surface area contributed by atoms with Crippen molar-refractivity contribution in [1.82, 2.24) is 5.43 Å².